The topological polar surface area (TPSA) is 64.1 Å². The molecule has 0 radical (unpaired) electrons. The van der Waals surface area contributed by atoms with Crippen molar-refractivity contribution in [2.75, 3.05) is 18.9 Å². The Labute approximate surface area is 156 Å². The minimum atomic E-state index is 0.0500. The van der Waals surface area contributed by atoms with Gasteiger partial charge in [0.05, 0.1) is 11.9 Å². The average molecular weight is 378 g/mol. The third-order valence-corrected chi connectivity index (χ3v) is 6.95. The Balaban J connectivity index is 1.46. The minimum Gasteiger partial charge on any atom is -0.376 e. The number of amides is 1. The van der Waals surface area contributed by atoms with Crippen molar-refractivity contribution in [1.29, 1.82) is 0 Å². The van der Waals surface area contributed by atoms with E-state index in [2.05, 4.69) is 15.3 Å². The highest BCUT2D eigenvalue weighted by molar-refractivity contribution is 8.00. The van der Waals surface area contributed by atoms with Crippen LogP contribution in [0, 0.1) is 6.92 Å². The normalized spacial score (nSPS) is 20.0. The number of thioether (sulfide) groups is 1. The number of rotatable bonds is 5. The van der Waals surface area contributed by atoms with Crippen LogP contribution in [0.2, 0.25) is 0 Å². The highest BCUT2D eigenvalue weighted by Crippen LogP contribution is 2.39. The largest absolute Gasteiger partial charge is 0.376 e. The van der Waals surface area contributed by atoms with Crippen LogP contribution in [0.3, 0.4) is 0 Å². The molecule has 1 atom stereocenters. The van der Waals surface area contributed by atoms with Crippen molar-refractivity contribution >= 4 is 39.2 Å². The maximum absolute atomic E-state index is 12.2. The summed E-state index contributed by atoms with van der Waals surface area (Å²) in [5, 5.41) is 5.15. The van der Waals surface area contributed by atoms with Crippen LogP contribution < -0.4 is 5.32 Å². The lowest BCUT2D eigenvalue weighted by atomic mass is 9.97. The Morgan fingerprint density at radius 1 is 1.32 bits per heavy atom. The number of aryl methyl sites for hydroxylation is 3. The maximum atomic E-state index is 12.2. The van der Waals surface area contributed by atoms with Crippen molar-refractivity contribution in [2.45, 2.75) is 56.6 Å². The molecular weight excluding hydrogens is 354 g/mol. The molecule has 0 aromatic carbocycles. The van der Waals surface area contributed by atoms with Crippen molar-refractivity contribution in [3.05, 3.63) is 16.3 Å². The van der Waals surface area contributed by atoms with Gasteiger partial charge in [-0.15, -0.1) is 11.3 Å². The molecule has 0 unspecified atom stereocenters. The van der Waals surface area contributed by atoms with Gasteiger partial charge in [-0.25, -0.2) is 9.97 Å². The van der Waals surface area contributed by atoms with Gasteiger partial charge in [0, 0.05) is 23.4 Å². The van der Waals surface area contributed by atoms with Crippen LogP contribution in [0.15, 0.2) is 5.03 Å². The Bertz CT molecular complexity index is 784. The number of fused-ring (bicyclic) bond motifs is 3. The van der Waals surface area contributed by atoms with Crippen LogP contribution in [-0.4, -0.2) is 40.9 Å². The molecule has 1 N–H and O–H groups in total. The fraction of sp³-hybridized carbons (Fsp3) is 0.611. The van der Waals surface area contributed by atoms with Crippen LogP contribution in [0.1, 0.15) is 41.9 Å². The van der Waals surface area contributed by atoms with Crippen LogP contribution in [0.4, 0.5) is 0 Å². The molecule has 2 aromatic heterocycles. The predicted octanol–water partition coefficient (Wildman–Crippen LogP) is 3.27. The summed E-state index contributed by atoms with van der Waals surface area (Å²) in [5.74, 6) is 1.23. The first kappa shape index (κ1) is 17.2. The zero-order valence-electron chi connectivity index (χ0n) is 14.5. The molecule has 134 valence electrons. The van der Waals surface area contributed by atoms with E-state index >= 15 is 0 Å². The summed E-state index contributed by atoms with van der Waals surface area (Å²) >= 11 is 3.34. The molecule has 1 saturated heterocycles. The number of hydrogen-bond acceptors (Lipinski definition) is 6. The monoisotopic (exact) mass is 377 g/mol. The van der Waals surface area contributed by atoms with E-state index in [4.69, 9.17) is 4.74 Å². The first-order valence-electron chi connectivity index (χ1n) is 9.00. The summed E-state index contributed by atoms with van der Waals surface area (Å²) in [5.41, 5.74) is 1.42. The van der Waals surface area contributed by atoms with Gasteiger partial charge >= 0.3 is 0 Å². The van der Waals surface area contributed by atoms with E-state index in [1.54, 1.807) is 0 Å². The second-order valence-corrected chi connectivity index (χ2v) is 8.74. The van der Waals surface area contributed by atoms with Crippen LogP contribution in [0.5, 0.6) is 0 Å². The fourth-order valence-corrected chi connectivity index (χ4v) is 5.85. The van der Waals surface area contributed by atoms with Gasteiger partial charge in [0.15, 0.2) is 0 Å². The molecule has 1 aliphatic heterocycles. The molecule has 7 heteroatoms. The van der Waals surface area contributed by atoms with Crippen molar-refractivity contribution < 1.29 is 9.53 Å². The molecule has 0 spiro atoms. The summed E-state index contributed by atoms with van der Waals surface area (Å²) in [7, 11) is 0. The molecule has 2 aliphatic rings. The lowest BCUT2D eigenvalue weighted by Gasteiger charge is -2.12. The van der Waals surface area contributed by atoms with Gasteiger partial charge in [-0.2, -0.15) is 0 Å². The van der Waals surface area contributed by atoms with Crippen molar-refractivity contribution in [3.63, 3.8) is 0 Å². The highest BCUT2D eigenvalue weighted by Gasteiger charge is 2.21. The molecule has 3 heterocycles. The molecule has 5 nitrogen and oxygen atoms in total. The van der Waals surface area contributed by atoms with Crippen molar-refractivity contribution in [2.24, 2.45) is 0 Å². The number of hydrogen-bond donors (Lipinski definition) is 1. The first-order valence-corrected chi connectivity index (χ1v) is 10.8. The SMILES string of the molecule is Cc1nc(SCC(=O)NC[C@H]2CCCO2)c2c3c(sc2n1)CCCC3. The molecule has 4 rings (SSSR count). The summed E-state index contributed by atoms with van der Waals surface area (Å²) in [4.78, 5) is 24.0. The molecule has 1 amide bonds. The van der Waals surface area contributed by atoms with Gasteiger partial charge in [0.2, 0.25) is 5.91 Å². The molecule has 0 saturated carbocycles. The van der Waals surface area contributed by atoms with Crippen LogP contribution in [0.25, 0.3) is 10.2 Å². The smallest absolute Gasteiger partial charge is 0.230 e. The van der Waals surface area contributed by atoms with E-state index in [0.717, 1.165) is 48.0 Å². The lowest BCUT2D eigenvalue weighted by Crippen LogP contribution is -2.32. The van der Waals surface area contributed by atoms with Crippen molar-refractivity contribution in [3.8, 4) is 0 Å². The number of aromatic nitrogens is 2. The minimum absolute atomic E-state index is 0.0500. The second kappa shape index (κ2) is 7.60. The van der Waals surface area contributed by atoms with Gasteiger partial charge in [-0.1, -0.05) is 11.8 Å². The Morgan fingerprint density at radius 3 is 3.04 bits per heavy atom. The number of nitrogens with zero attached hydrogens (tertiary/aromatic N) is 2. The molecule has 1 aliphatic carbocycles. The summed E-state index contributed by atoms with van der Waals surface area (Å²) in [6.45, 7) is 3.36. The summed E-state index contributed by atoms with van der Waals surface area (Å²) < 4.78 is 5.55. The van der Waals surface area contributed by atoms with E-state index < -0.39 is 0 Å². The van der Waals surface area contributed by atoms with Crippen LogP contribution >= 0.6 is 23.1 Å². The molecule has 1 fully saturated rings. The van der Waals surface area contributed by atoms with Gasteiger partial charge in [0.1, 0.15) is 15.7 Å². The van der Waals surface area contributed by atoms with Gasteiger partial charge in [-0.05, 0) is 51.0 Å². The standard InChI is InChI=1S/C18H23N3O2S2/c1-11-20-17(24-10-15(22)19-9-12-5-4-8-23-12)16-13-6-2-3-7-14(13)25-18(16)21-11/h12H,2-10H2,1H3,(H,19,22)/t12-/m1/s1. The van der Waals surface area contributed by atoms with Gasteiger partial charge in [-0.3, -0.25) is 4.79 Å². The molecule has 0 bridgehead atoms. The quantitative estimate of drug-likeness (QED) is 0.640. The molecule has 2 aromatic rings. The first-order chi connectivity index (χ1) is 12.2. The fourth-order valence-electron chi connectivity index (χ4n) is 3.55. The van der Waals surface area contributed by atoms with Gasteiger partial charge in [0.25, 0.3) is 0 Å². The number of nitrogens with one attached hydrogen (secondary N) is 1. The zero-order chi connectivity index (χ0) is 17.2. The summed E-state index contributed by atoms with van der Waals surface area (Å²) in [6, 6.07) is 0. The molecular formula is C18H23N3O2S2. The highest BCUT2D eigenvalue weighted by atomic mass is 32.2. The number of thiophene rings is 1. The van der Waals surface area contributed by atoms with E-state index in [-0.39, 0.29) is 12.0 Å². The lowest BCUT2D eigenvalue weighted by molar-refractivity contribution is -0.119. The van der Waals surface area contributed by atoms with E-state index in [0.29, 0.717) is 12.3 Å². The second-order valence-electron chi connectivity index (χ2n) is 6.69. The molecule has 25 heavy (non-hydrogen) atoms. The van der Waals surface area contributed by atoms with E-state index in [9.17, 15) is 4.79 Å². The third-order valence-electron chi connectivity index (χ3n) is 4.78. The maximum Gasteiger partial charge on any atom is 0.230 e. The Kier molecular flexibility index (Phi) is 5.24. The predicted molar refractivity (Wildman–Crippen MR) is 102 cm³/mol. The summed E-state index contributed by atoms with van der Waals surface area (Å²) in [6.07, 6.45) is 7.09. The Morgan fingerprint density at radius 2 is 2.20 bits per heavy atom. The van der Waals surface area contributed by atoms with E-state index in [1.807, 2.05) is 18.3 Å². The van der Waals surface area contributed by atoms with Crippen molar-refractivity contribution in [1.82, 2.24) is 15.3 Å². The van der Waals surface area contributed by atoms with Gasteiger partial charge < -0.3 is 10.1 Å². The van der Waals surface area contributed by atoms with Crippen LogP contribution in [-0.2, 0) is 22.4 Å². The third kappa shape index (κ3) is 3.83. The number of carbonyl (C=O) groups is 1. The zero-order valence-corrected chi connectivity index (χ0v) is 16.1. The van der Waals surface area contributed by atoms with E-state index in [1.165, 1.54) is 40.4 Å². The number of carbonyl (C=O) groups excluding carboxylic acids is 1. The number of ether oxygens (including phenoxy) is 1. The average Bonchev–Trinajstić information content (AvgIpc) is 3.24. The Hall–Kier alpha value is -1.18.